The van der Waals surface area contributed by atoms with Gasteiger partial charge in [0, 0.05) is 29.7 Å². The molecule has 1 aromatic heterocycles. The van der Waals surface area contributed by atoms with Crippen LogP contribution in [0.2, 0.25) is 5.02 Å². The van der Waals surface area contributed by atoms with E-state index in [4.69, 9.17) is 16.1 Å². The molecule has 142 valence electrons. The smallest absolute Gasteiger partial charge is 0.343 e. The average molecular weight is 390 g/mol. The van der Waals surface area contributed by atoms with Gasteiger partial charge in [-0.05, 0) is 37.1 Å². The molecule has 0 bridgehead atoms. The maximum absolute atomic E-state index is 12.6. The molecule has 2 aliphatic rings. The van der Waals surface area contributed by atoms with Crippen LogP contribution in [0.25, 0.3) is 11.3 Å². The number of benzene rings is 1. The van der Waals surface area contributed by atoms with Crippen molar-refractivity contribution in [3.8, 4) is 11.3 Å². The number of nitrogens with zero attached hydrogens (tertiary/aromatic N) is 3. The summed E-state index contributed by atoms with van der Waals surface area (Å²) in [7, 11) is 0. The lowest BCUT2D eigenvalue weighted by Crippen LogP contribution is -2.53. The van der Waals surface area contributed by atoms with Gasteiger partial charge in [0.1, 0.15) is 0 Å². The van der Waals surface area contributed by atoms with Gasteiger partial charge in [0.25, 0.3) is 0 Å². The lowest BCUT2D eigenvalue weighted by Gasteiger charge is -2.37. The summed E-state index contributed by atoms with van der Waals surface area (Å²) in [5.41, 5.74) is 0.547. The Hall–Kier alpha value is -2.54. The van der Waals surface area contributed by atoms with Crippen molar-refractivity contribution in [3.63, 3.8) is 0 Å². The molecule has 1 amide bonds. The molecule has 4 rings (SSSR count). The number of carbonyl (C=O) groups excluding carboxylic acids is 1. The van der Waals surface area contributed by atoms with E-state index in [1.54, 1.807) is 29.2 Å². The van der Waals surface area contributed by atoms with Gasteiger partial charge in [0.2, 0.25) is 5.91 Å². The van der Waals surface area contributed by atoms with Crippen LogP contribution in [0.4, 0.5) is 5.82 Å². The van der Waals surface area contributed by atoms with Crippen LogP contribution < -0.4 is 4.90 Å². The first-order valence-corrected chi connectivity index (χ1v) is 9.45. The minimum Gasteiger partial charge on any atom is -0.477 e. The predicted octanol–water partition coefficient (Wildman–Crippen LogP) is 3.28. The molecule has 27 heavy (non-hydrogen) atoms. The van der Waals surface area contributed by atoms with Crippen molar-refractivity contribution in [3.05, 3.63) is 34.9 Å². The van der Waals surface area contributed by atoms with E-state index in [2.05, 4.69) is 5.16 Å². The van der Waals surface area contributed by atoms with Crippen LogP contribution in [0.15, 0.2) is 28.8 Å². The summed E-state index contributed by atoms with van der Waals surface area (Å²) in [6.45, 7) is 1.23. The van der Waals surface area contributed by atoms with Crippen LogP contribution in [0, 0.1) is 0 Å². The molecule has 2 fully saturated rings. The van der Waals surface area contributed by atoms with E-state index in [1.807, 2.05) is 4.90 Å². The summed E-state index contributed by atoms with van der Waals surface area (Å²) in [4.78, 5) is 28.1. The third-order valence-electron chi connectivity index (χ3n) is 5.32. The van der Waals surface area contributed by atoms with Crippen LogP contribution >= 0.6 is 11.6 Å². The zero-order chi connectivity index (χ0) is 19.0. The maximum atomic E-state index is 12.6. The Balaban J connectivity index is 1.60. The Morgan fingerprint density at radius 3 is 2.52 bits per heavy atom. The van der Waals surface area contributed by atoms with Crippen molar-refractivity contribution in [1.82, 2.24) is 10.1 Å². The Morgan fingerprint density at radius 1 is 1.19 bits per heavy atom. The van der Waals surface area contributed by atoms with Crippen molar-refractivity contribution in [2.24, 2.45) is 0 Å². The number of amides is 1. The number of hydrogen-bond donors (Lipinski definition) is 1. The van der Waals surface area contributed by atoms with Gasteiger partial charge in [-0.2, -0.15) is 0 Å². The molecule has 0 radical (unpaired) electrons. The Kier molecular flexibility index (Phi) is 4.78. The number of anilines is 1. The minimum absolute atomic E-state index is 0.0144. The zero-order valence-corrected chi connectivity index (χ0v) is 15.5. The van der Waals surface area contributed by atoms with E-state index in [1.165, 1.54) is 0 Å². The molecule has 0 unspecified atom stereocenters. The van der Waals surface area contributed by atoms with Crippen molar-refractivity contribution < 1.29 is 19.2 Å². The number of carboxylic acid groups (broad SMARTS) is 1. The fourth-order valence-corrected chi connectivity index (χ4v) is 4.08. The second-order valence-electron chi connectivity index (χ2n) is 6.97. The maximum Gasteiger partial charge on any atom is 0.343 e. The summed E-state index contributed by atoms with van der Waals surface area (Å²) >= 11 is 5.90. The molecule has 1 aliphatic heterocycles. The first-order valence-electron chi connectivity index (χ1n) is 9.08. The molecule has 1 saturated heterocycles. The van der Waals surface area contributed by atoms with E-state index < -0.39 is 5.97 Å². The molecule has 1 aliphatic carbocycles. The third-order valence-corrected chi connectivity index (χ3v) is 5.57. The highest BCUT2D eigenvalue weighted by molar-refractivity contribution is 6.30. The monoisotopic (exact) mass is 389 g/mol. The summed E-state index contributed by atoms with van der Waals surface area (Å²) in [6, 6.07) is 7.01. The summed E-state index contributed by atoms with van der Waals surface area (Å²) in [6.07, 6.45) is 4.43. The lowest BCUT2D eigenvalue weighted by atomic mass is 10.1. The fourth-order valence-electron chi connectivity index (χ4n) is 3.96. The minimum atomic E-state index is -1.14. The normalized spacial score (nSPS) is 18.3. The molecular weight excluding hydrogens is 370 g/mol. The number of piperazine rings is 1. The van der Waals surface area contributed by atoms with Gasteiger partial charge in [-0.25, -0.2) is 4.79 Å². The molecule has 1 N–H and O–H groups in total. The Labute approximate surface area is 161 Å². The van der Waals surface area contributed by atoms with Gasteiger partial charge < -0.3 is 19.4 Å². The van der Waals surface area contributed by atoms with Gasteiger partial charge in [-0.15, -0.1) is 0 Å². The predicted molar refractivity (Wildman–Crippen MR) is 100 cm³/mol. The number of carboxylic acids is 1. The van der Waals surface area contributed by atoms with Crippen LogP contribution in [0.1, 0.15) is 36.0 Å². The molecule has 2 aromatic rings. The third kappa shape index (κ3) is 3.39. The molecule has 0 atom stereocenters. The van der Waals surface area contributed by atoms with Crippen LogP contribution in [0.5, 0.6) is 0 Å². The SMILES string of the molecule is O=C(O)c1c(N2CCN(C3CCCC3)C(=O)C2)noc1-c1ccc(Cl)cc1. The Bertz CT molecular complexity index is 858. The number of hydrogen-bond acceptors (Lipinski definition) is 5. The fraction of sp³-hybridized carbons (Fsp3) is 0.421. The van der Waals surface area contributed by atoms with E-state index >= 15 is 0 Å². The number of rotatable bonds is 4. The van der Waals surface area contributed by atoms with Crippen molar-refractivity contribution in [2.75, 3.05) is 24.5 Å². The van der Waals surface area contributed by atoms with Crippen molar-refractivity contribution in [1.29, 1.82) is 0 Å². The van der Waals surface area contributed by atoms with Gasteiger partial charge >= 0.3 is 5.97 Å². The van der Waals surface area contributed by atoms with E-state index in [-0.39, 0.29) is 29.6 Å². The first kappa shape index (κ1) is 17.9. The Morgan fingerprint density at radius 2 is 1.89 bits per heavy atom. The van der Waals surface area contributed by atoms with Crippen molar-refractivity contribution in [2.45, 2.75) is 31.7 Å². The van der Waals surface area contributed by atoms with Crippen LogP contribution in [0.3, 0.4) is 0 Å². The van der Waals surface area contributed by atoms with Gasteiger partial charge in [0.05, 0.1) is 6.54 Å². The number of carbonyl (C=O) groups is 2. The topological polar surface area (TPSA) is 86.9 Å². The van der Waals surface area contributed by atoms with Crippen molar-refractivity contribution >= 4 is 29.3 Å². The van der Waals surface area contributed by atoms with Gasteiger partial charge in [-0.1, -0.05) is 29.6 Å². The van der Waals surface area contributed by atoms with Crippen LogP contribution in [-0.4, -0.2) is 52.7 Å². The number of halogens is 1. The molecule has 8 heteroatoms. The number of aromatic nitrogens is 1. The highest BCUT2D eigenvalue weighted by atomic mass is 35.5. The standard InChI is InChI=1S/C19H20ClN3O4/c20-13-7-5-12(6-8-13)17-16(19(25)26)18(21-27-17)22-9-10-23(15(24)11-22)14-3-1-2-4-14/h5-8,14H,1-4,9-11H2,(H,25,26). The average Bonchev–Trinajstić information content (AvgIpc) is 3.32. The molecule has 1 saturated carbocycles. The molecule has 2 heterocycles. The number of aromatic carboxylic acids is 1. The zero-order valence-electron chi connectivity index (χ0n) is 14.7. The van der Waals surface area contributed by atoms with E-state index in [0.717, 1.165) is 25.7 Å². The first-order chi connectivity index (χ1) is 13.0. The summed E-state index contributed by atoms with van der Waals surface area (Å²) in [5.74, 6) is -0.755. The van der Waals surface area contributed by atoms with Gasteiger partial charge in [0.15, 0.2) is 17.1 Å². The molecular formula is C19H20ClN3O4. The quantitative estimate of drug-likeness (QED) is 0.863. The second kappa shape index (κ2) is 7.23. The summed E-state index contributed by atoms with van der Waals surface area (Å²) < 4.78 is 5.36. The van der Waals surface area contributed by atoms with Crippen LogP contribution in [-0.2, 0) is 4.79 Å². The van der Waals surface area contributed by atoms with E-state index in [9.17, 15) is 14.7 Å². The van der Waals surface area contributed by atoms with Gasteiger partial charge in [-0.3, -0.25) is 4.79 Å². The second-order valence-corrected chi connectivity index (χ2v) is 7.41. The molecule has 1 aromatic carbocycles. The largest absolute Gasteiger partial charge is 0.477 e. The molecule has 0 spiro atoms. The van der Waals surface area contributed by atoms with E-state index in [0.29, 0.717) is 29.7 Å². The molecule has 7 nitrogen and oxygen atoms in total. The highest BCUT2D eigenvalue weighted by Crippen LogP contribution is 2.33. The lowest BCUT2D eigenvalue weighted by molar-refractivity contribution is -0.133. The highest BCUT2D eigenvalue weighted by Gasteiger charge is 2.35. The summed E-state index contributed by atoms with van der Waals surface area (Å²) in [5, 5.41) is 14.3.